The highest BCUT2D eigenvalue weighted by molar-refractivity contribution is 5.94. The molecule has 0 aliphatic heterocycles. The van der Waals surface area contributed by atoms with Crippen molar-refractivity contribution in [3.63, 3.8) is 0 Å². The summed E-state index contributed by atoms with van der Waals surface area (Å²) in [5.41, 5.74) is 8.55. The van der Waals surface area contributed by atoms with Gasteiger partial charge in [-0.3, -0.25) is 10.4 Å². The molecule has 4 nitrogen and oxygen atoms in total. The van der Waals surface area contributed by atoms with Crippen LogP contribution in [-0.2, 0) is 6.54 Å². The number of nitrogens with two attached hydrogens (primary N) is 1. The van der Waals surface area contributed by atoms with Crippen LogP contribution in [0.4, 0.5) is 0 Å². The Morgan fingerprint density at radius 1 is 1.16 bits per heavy atom. The monoisotopic (exact) mass is 250 g/mol. The van der Waals surface area contributed by atoms with Crippen molar-refractivity contribution in [3.8, 4) is 0 Å². The van der Waals surface area contributed by atoms with E-state index in [2.05, 4.69) is 21.8 Å². The van der Waals surface area contributed by atoms with Gasteiger partial charge in [-0.2, -0.15) is 0 Å². The van der Waals surface area contributed by atoms with E-state index in [0.29, 0.717) is 0 Å². The number of benzene rings is 1. The number of hydrogen-bond donors (Lipinski definition) is 2. The van der Waals surface area contributed by atoms with E-state index in [1.807, 2.05) is 36.5 Å². The molecular formula is C15H14N4. The largest absolute Gasteiger partial charge is 0.384 e. The SMILES string of the molecule is N=C(N)c1ccc(Cn2ccc3cnccc32)cc1. The molecule has 19 heavy (non-hydrogen) atoms. The van der Waals surface area contributed by atoms with Gasteiger partial charge >= 0.3 is 0 Å². The number of rotatable bonds is 3. The van der Waals surface area contributed by atoms with Gasteiger partial charge in [-0.15, -0.1) is 0 Å². The Bertz CT molecular complexity index is 725. The number of nitrogens with zero attached hydrogens (tertiary/aromatic N) is 2. The topological polar surface area (TPSA) is 67.7 Å². The molecule has 0 bridgehead atoms. The van der Waals surface area contributed by atoms with E-state index in [0.717, 1.165) is 17.5 Å². The number of nitrogens with one attached hydrogen (secondary N) is 1. The van der Waals surface area contributed by atoms with E-state index in [1.54, 1.807) is 6.20 Å². The summed E-state index contributed by atoms with van der Waals surface area (Å²) in [5.74, 6) is 0.101. The molecule has 1 aromatic carbocycles. The predicted octanol–water partition coefficient (Wildman–Crippen LogP) is 2.37. The van der Waals surface area contributed by atoms with Crippen molar-refractivity contribution < 1.29 is 0 Å². The minimum absolute atomic E-state index is 0.101. The van der Waals surface area contributed by atoms with Crippen LogP contribution in [0.1, 0.15) is 11.1 Å². The summed E-state index contributed by atoms with van der Waals surface area (Å²) in [4.78, 5) is 4.11. The number of amidine groups is 1. The average Bonchev–Trinajstić information content (AvgIpc) is 2.83. The third-order valence-electron chi connectivity index (χ3n) is 3.19. The van der Waals surface area contributed by atoms with Gasteiger partial charge in [-0.1, -0.05) is 24.3 Å². The van der Waals surface area contributed by atoms with Crippen LogP contribution in [0.2, 0.25) is 0 Å². The van der Waals surface area contributed by atoms with Crippen LogP contribution in [0.25, 0.3) is 10.9 Å². The molecule has 0 fully saturated rings. The Kier molecular flexibility index (Phi) is 2.76. The molecule has 2 aromatic heterocycles. The fraction of sp³-hybridized carbons (Fsp3) is 0.0667. The quantitative estimate of drug-likeness (QED) is 0.553. The second kappa shape index (κ2) is 4.57. The Labute approximate surface area is 111 Å². The van der Waals surface area contributed by atoms with Crippen LogP contribution in [0.3, 0.4) is 0 Å². The third kappa shape index (κ3) is 2.20. The van der Waals surface area contributed by atoms with Crippen LogP contribution >= 0.6 is 0 Å². The zero-order valence-electron chi connectivity index (χ0n) is 10.4. The summed E-state index contributed by atoms with van der Waals surface area (Å²) in [6.45, 7) is 0.797. The molecule has 0 spiro atoms. The molecule has 0 saturated heterocycles. The lowest BCUT2D eigenvalue weighted by Gasteiger charge is -2.06. The first kappa shape index (κ1) is 11.5. The zero-order valence-corrected chi connectivity index (χ0v) is 10.4. The minimum atomic E-state index is 0.101. The Hall–Kier alpha value is -2.62. The van der Waals surface area contributed by atoms with Gasteiger partial charge in [0.05, 0.1) is 5.52 Å². The van der Waals surface area contributed by atoms with E-state index >= 15 is 0 Å². The smallest absolute Gasteiger partial charge is 0.122 e. The zero-order chi connectivity index (χ0) is 13.2. The first-order valence-electron chi connectivity index (χ1n) is 6.06. The summed E-state index contributed by atoms with van der Waals surface area (Å²) in [5, 5.41) is 8.52. The number of aromatic nitrogens is 2. The second-order valence-electron chi connectivity index (χ2n) is 4.49. The lowest BCUT2D eigenvalue weighted by Crippen LogP contribution is -2.10. The van der Waals surface area contributed by atoms with Crippen molar-refractivity contribution in [3.05, 3.63) is 66.1 Å². The Balaban J connectivity index is 1.90. The molecule has 3 N–H and O–H groups in total. The van der Waals surface area contributed by atoms with Crippen molar-refractivity contribution in [2.75, 3.05) is 0 Å². The second-order valence-corrected chi connectivity index (χ2v) is 4.49. The molecule has 0 amide bonds. The molecule has 0 radical (unpaired) electrons. The van der Waals surface area contributed by atoms with Crippen LogP contribution in [0.5, 0.6) is 0 Å². The molecule has 0 atom stereocenters. The normalized spacial score (nSPS) is 10.7. The highest BCUT2D eigenvalue weighted by Crippen LogP contribution is 2.16. The van der Waals surface area contributed by atoms with E-state index in [4.69, 9.17) is 11.1 Å². The fourth-order valence-corrected chi connectivity index (χ4v) is 2.16. The standard InChI is InChI=1S/C15H14N4/c16-15(17)12-3-1-11(2-4-12)10-19-8-6-13-9-18-7-5-14(13)19/h1-9H,10H2,(H3,16,17). The molecular weight excluding hydrogens is 236 g/mol. The van der Waals surface area contributed by atoms with Crippen molar-refractivity contribution in [2.45, 2.75) is 6.54 Å². The van der Waals surface area contributed by atoms with Gasteiger partial charge in [-0.25, -0.2) is 0 Å². The Morgan fingerprint density at radius 2 is 1.95 bits per heavy atom. The summed E-state index contributed by atoms with van der Waals surface area (Å²) in [6, 6.07) is 11.8. The number of pyridine rings is 1. The van der Waals surface area contributed by atoms with Gasteiger partial charge in [0.2, 0.25) is 0 Å². The van der Waals surface area contributed by atoms with E-state index in [1.165, 1.54) is 11.1 Å². The first-order chi connectivity index (χ1) is 9.24. The van der Waals surface area contributed by atoms with Crippen LogP contribution < -0.4 is 5.73 Å². The third-order valence-corrected chi connectivity index (χ3v) is 3.19. The molecule has 4 heteroatoms. The van der Waals surface area contributed by atoms with E-state index < -0.39 is 0 Å². The first-order valence-corrected chi connectivity index (χ1v) is 6.06. The van der Waals surface area contributed by atoms with Gasteiger partial charge in [0, 0.05) is 36.1 Å². The summed E-state index contributed by atoms with van der Waals surface area (Å²) in [7, 11) is 0. The van der Waals surface area contributed by atoms with E-state index in [9.17, 15) is 0 Å². The number of nitrogen functional groups attached to an aromatic ring is 1. The van der Waals surface area contributed by atoms with Crippen LogP contribution in [0.15, 0.2) is 55.0 Å². The lowest BCUT2D eigenvalue weighted by atomic mass is 10.1. The fourth-order valence-electron chi connectivity index (χ4n) is 2.16. The van der Waals surface area contributed by atoms with Crippen LogP contribution in [-0.4, -0.2) is 15.4 Å². The molecule has 0 unspecified atom stereocenters. The number of hydrogen-bond acceptors (Lipinski definition) is 2. The predicted molar refractivity (Wildman–Crippen MR) is 76.3 cm³/mol. The molecule has 3 aromatic rings. The summed E-state index contributed by atoms with van der Waals surface area (Å²) >= 11 is 0. The van der Waals surface area contributed by atoms with Crippen molar-refractivity contribution in [1.82, 2.24) is 9.55 Å². The van der Waals surface area contributed by atoms with Crippen molar-refractivity contribution in [1.29, 1.82) is 5.41 Å². The molecule has 2 heterocycles. The number of fused-ring (bicyclic) bond motifs is 1. The summed E-state index contributed by atoms with van der Waals surface area (Å²) in [6.07, 6.45) is 5.73. The minimum Gasteiger partial charge on any atom is -0.384 e. The van der Waals surface area contributed by atoms with E-state index in [-0.39, 0.29) is 5.84 Å². The van der Waals surface area contributed by atoms with Crippen LogP contribution in [0, 0.1) is 5.41 Å². The maximum atomic E-state index is 7.38. The van der Waals surface area contributed by atoms with Gasteiger partial charge in [-0.05, 0) is 17.7 Å². The average molecular weight is 250 g/mol. The summed E-state index contributed by atoms with van der Waals surface area (Å²) < 4.78 is 2.18. The Morgan fingerprint density at radius 3 is 2.68 bits per heavy atom. The molecule has 0 aliphatic carbocycles. The van der Waals surface area contributed by atoms with Gasteiger partial charge in [0.25, 0.3) is 0 Å². The van der Waals surface area contributed by atoms with Gasteiger partial charge in [0.15, 0.2) is 0 Å². The highest BCUT2D eigenvalue weighted by atomic mass is 15.0. The highest BCUT2D eigenvalue weighted by Gasteiger charge is 2.02. The van der Waals surface area contributed by atoms with Gasteiger partial charge in [0.1, 0.15) is 5.84 Å². The maximum absolute atomic E-state index is 7.38. The lowest BCUT2D eigenvalue weighted by molar-refractivity contribution is 0.836. The molecule has 3 rings (SSSR count). The molecule has 94 valence electrons. The molecule has 0 aliphatic rings. The molecule has 0 saturated carbocycles. The van der Waals surface area contributed by atoms with Crippen molar-refractivity contribution in [2.24, 2.45) is 5.73 Å². The maximum Gasteiger partial charge on any atom is 0.122 e. The van der Waals surface area contributed by atoms with Gasteiger partial charge < -0.3 is 10.3 Å². The van der Waals surface area contributed by atoms with Crippen molar-refractivity contribution >= 4 is 16.7 Å².